The first kappa shape index (κ1) is 22.7. The number of phenols is 2. The van der Waals surface area contributed by atoms with Crippen LogP contribution in [0.2, 0.25) is 0 Å². The zero-order valence-corrected chi connectivity index (χ0v) is 17.2. The van der Waals surface area contributed by atoms with Crippen LogP contribution in [-0.4, -0.2) is 35.2 Å². The minimum atomic E-state index is -5.16. The topological polar surface area (TPSA) is 136 Å². The molecule has 0 aliphatic heterocycles. The number of hydrogen-bond acceptors (Lipinski definition) is 7. The van der Waals surface area contributed by atoms with E-state index in [4.69, 9.17) is 0 Å². The summed E-state index contributed by atoms with van der Waals surface area (Å²) in [6.45, 7) is 0. The molecule has 0 heterocycles. The second-order valence-corrected chi connectivity index (χ2v) is 8.81. The number of ether oxygens (including phenoxy) is 1. The number of aliphatic hydroxyl groups excluding tert-OH is 2. The van der Waals surface area contributed by atoms with Gasteiger partial charge in [0.2, 0.25) is 0 Å². The van der Waals surface area contributed by atoms with Crippen molar-refractivity contribution < 1.29 is 46.8 Å². The molecule has 0 amide bonds. The number of nitrogens with one attached hydrogen (secondary N) is 1. The van der Waals surface area contributed by atoms with Gasteiger partial charge in [-0.25, -0.2) is 8.42 Å². The Morgan fingerprint density at radius 1 is 0.848 bits per heavy atom. The molecule has 1 aliphatic carbocycles. The molecular formula is C21H16F3NO7S. The Balaban J connectivity index is 1.79. The van der Waals surface area contributed by atoms with Crippen LogP contribution >= 0.6 is 0 Å². The average Bonchev–Trinajstić information content (AvgIpc) is 2.74. The largest absolute Gasteiger partial charge is 0.573 e. The van der Waals surface area contributed by atoms with E-state index in [1.807, 2.05) is 4.72 Å². The molecule has 0 radical (unpaired) electrons. The molecule has 5 N–H and O–H groups in total. The maximum atomic E-state index is 12.8. The summed E-state index contributed by atoms with van der Waals surface area (Å²) in [4.78, 5) is -0.884. The van der Waals surface area contributed by atoms with Crippen LogP contribution in [0.4, 0.5) is 18.9 Å². The number of hydrogen-bond donors (Lipinski definition) is 5. The number of alkyl halides is 3. The van der Waals surface area contributed by atoms with Crippen molar-refractivity contribution in [2.45, 2.75) is 23.5 Å². The zero-order chi connectivity index (χ0) is 24.1. The summed E-state index contributed by atoms with van der Waals surface area (Å²) in [5.41, 5.74) is -0.394. The molecule has 174 valence electrons. The van der Waals surface area contributed by atoms with Crippen LogP contribution in [0.1, 0.15) is 34.5 Å². The third kappa shape index (κ3) is 4.03. The third-order valence-electron chi connectivity index (χ3n) is 5.11. The summed E-state index contributed by atoms with van der Waals surface area (Å²) in [6, 6.07) is 11.2. The lowest BCUT2D eigenvalue weighted by Crippen LogP contribution is -2.21. The average molecular weight is 483 g/mol. The molecule has 8 nitrogen and oxygen atoms in total. The fourth-order valence-corrected chi connectivity index (χ4v) is 4.89. The van der Waals surface area contributed by atoms with Crippen LogP contribution in [0, 0.1) is 0 Å². The second-order valence-electron chi connectivity index (χ2n) is 7.16. The smallest absolute Gasteiger partial charge is 0.504 e. The number of benzene rings is 3. The Morgan fingerprint density at radius 2 is 1.42 bits per heavy atom. The second kappa shape index (κ2) is 7.83. The molecular weight excluding hydrogens is 467 g/mol. The highest BCUT2D eigenvalue weighted by molar-refractivity contribution is 7.92. The van der Waals surface area contributed by atoms with E-state index in [-0.39, 0.29) is 16.7 Å². The van der Waals surface area contributed by atoms with Gasteiger partial charge < -0.3 is 25.2 Å². The first-order valence-corrected chi connectivity index (χ1v) is 10.8. The summed E-state index contributed by atoms with van der Waals surface area (Å²) in [7, 11) is -4.76. The molecule has 0 saturated heterocycles. The van der Waals surface area contributed by atoms with Gasteiger partial charge in [0.25, 0.3) is 10.0 Å². The van der Waals surface area contributed by atoms with Crippen LogP contribution in [0.15, 0.2) is 59.5 Å². The van der Waals surface area contributed by atoms with Gasteiger partial charge in [-0.3, -0.25) is 4.72 Å². The highest BCUT2D eigenvalue weighted by Gasteiger charge is 2.36. The fraction of sp³-hybridized carbons (Fsp3) is 0.143. The van der Waals surface area contributed by atoms with Crippen LogP contribution in [-0.2, 0) is 10.0 Å². The molecule has 0 aromatic heterocycles. The Bertz CT molecular complexity index is 1340. The van der Waals surface area contributed by atoms with E-state index in [1.165, 1.54) is 18.2 Å². The van der Waals surface area contributed by atoms with Crippen molar-refractivity contribution in [2.75, 3.05) is 4.72 Å². The number of para-hydroxylation sites is 1. The summed E-state index contributed by atoms with van der Waals surface area (Å²) in [5, 5.41) is 42.2. The summed E-state index contributed by atoms with van der Waals surface area (Å²) in [6.07, 6.45) is -7.99. The molecule has 2 atom stereocenters. The third-order valence-corrected chi connectivity index (χ3v) is 6.51. The number of sulfonamides is 1. The molecule has 3 aromatic carbocycles. The van der Waals surface area contributed by atoms with Gasteiger partial charge >= 0.3 is 6.36 Å². The number of halogens is 3. The molecule has 0 saturated carbocycles. The minimum absolute atomic E-state index is 0.103. The lowest BCUT2D eigenvalue weighted by Gasteiger charge is -2.30. The highest BCUT2D eigenvalue weighted by atomic mass is 32.2. The molecule has 0 fully saturated rings. The minimum Gasteiger partial charge on any atom is -0.504 e. The maximum absolute atomic E-state index is 12.8. The van der Waals surface area contributed by atoms with Gasteiger partial charge in [-0.1, -0.05) is 36.4 Å². The number of aliphatic hydroxyl groups is 2. The van der Waals surface area contributed by atoms with Crippen molar-refractivity contribution >= 4 is 15.7 Å². The summed E-state index contributed by atoms with van der Waals surface area (Å²) < 4.78 is 69.4. The Morgan fingerprint density at radius 3 is 2.06 bits per heavy atom. The molecule has 0 bridgehead atoms. The Hall–Kier alpha value is -3.48. The van der Waals surface area contributed by atoms with Crippen molar-refractivity contribution in [3.8, 4) is 17.2 Å². The first-order valence-electron chi connectivity index (χ1n) is 9.32. The molecule has 4 rings (SSSR count). The SMILES string of the molecule is O=S(=O)(Nc1cc2c(c(O)c1O)C(O)c1ccccc1C2O)c1ccccc1OC(F)(F)F. The van der Waals surface area contributed by atoms with Gasteiger partial charge in [0, 0.05) is 5.56 Å². The quantitative estimate of drug-likeness (QED) is 0.359. The highest BCUT2D eigenvalue weighted by Crippen LogP contribution is 2.50. The number of fused-ring (bicyclic) bond motifs is 2. The first-order chi connectivity index (χ1) is 15.4. The molecule has 1 aliphatic rings. The molecule has 3 aromatic rings. The number of phenolic OH excluding ortho intramolecular Hbond substituents is 2. The standard InChI is InChI=1S/C21H16F3NO7S/c22-21(23,24)32-14-7-3-4-8-15(14)33(30,31)25-13-9-12-16(20(29)19(13)28)18(27)11-6-2-1-5-10(11)17(12)26/h1-9,17-18,25-29H. The number of aromatic hydroxyl groups is 2. The molecule has 33 heavy (non-hydrogen) atoms. The van der Waals surface area contributed by atoms with E-state index < -0.39 is 56.4 Å². The van der Waals surface area contributed by atoms with E-state index in [2.05, 4.69) is 4.74 Å². The maximum Gasteiger partial charge on any atom is 0.573 e. The zero-order valence-electron chi connectivity index (χ0n) is 16.4. The predicted octanol–water partition coefficient (Wildman–Crippen LogP) is 3.27. The lowest BCUT2D eigenvalue weighted by atomic mass is 9.81. The number of anilines is 1. The van der Waals surface area contributed by atoms with Crippen LogP contribution < -0.4 is 9.46 Å². The molecule has 0 spiro atoms. The monoisotopic (exact) mass is 483 g/mol. The number of rotatable bonds is 4. The van der Waals surface area contributed by atoms with E-state index in [9.17, 15) is 42.0 Å². The van der Waals surface area contributed by atoms with Crippen LogP contribution in [0.25, 0.3) is 0 Å². The van der Waals surface area contributed by atoms with E-state index in [1.54, 1.807) is 12.1 Å². The van der Waals surface area contributed by atoms with Crippen LogP contribution in [0.3, 0.4) is 0 Å². The van der Waals surface area contributed by atoms with Crippen molar-refractivity contribution in [1.82, 2.24) is 0 Å². The molecule has 12 heteroatoms. The fourth-order valence-electron chi connectivity index (χ4n) is 3.70. The summed E-state index contributed by atoms with van der Waals surface area (Å²) >= 11 is 0. The molecule has 2 unspecified atom stereocenters. The van der Waals surface area contributed by atoms with Crippen LogP contribution in [0.5, 0.6) is 17.2 Å². The lowest BCUT2D eigenvalue weighted by molar-refractivity contribution is -0.275. The van der Waals surface area contributed by atoms with E-state index >= 15 is 0 Å². The van der Waals surface area contributed by atoms with Gasteiger partial charge in [-0.2, -0.15) is 0 Å². The van der Waals surface area contributed by atoms with Gasteiger partial charge in [0.05, 0.1) is 5.69 Å². The van der Waals surface area contributed by atoms with Crippen molar-refractivity contribution in [1.29, 1.82) is 0 Å². The predicted molar refractivity (Wildman–Crippen MR) is 108 cm³/mol. The summed E-state index contributed by atoms with van der Waals surface area (Å²) in [5.74, 6) is -2.90. The van der Waals surface area contributed by atoms with Gasteiger partial charge in [-0.05, 0) is 34.9 Å². The van der Waals surface area contributed by atoms with Gasteiger partial charge in [-0.15, -0.1) is 13.2 Å². The Labute approximate surface area is 185 Å². The van der Waals surface area contributed by atoms with Gasteiger partial charge in [0.1, 0.15) is 22.9 Å². The van der Waals surface area contributed by atoms with Crippen molar-refractivity contribution in [3.05, 3.63) is 76.9 Å². The normalized spacial score (nSPS) is 17.7. The van der Waals surface area contributed by atoms with Crippen molar-refractivity contribution in [3.63, 3.8) is 0 Å². The Kier molecular flexibility index (Phi) is 5.39. The van der Waals surface area contributed by atoms with E-state index in [0.717, 1.165) is 24.3 Å². The van der Waals surface area contributed by atoms with E-state index in [0.29, 0.717) is 5.56 Å². The van der Waals surface area contributed by atoms with Gasteiger partial charge in [0.15, 0.2) is 11.5 Å². The van der Waals surface area contributed by atoms with Crippen molar-refractivity contribution in [2.24, 2.45) is 0 Å².